The maximum absolute atomic E-state index is 13.8. The lowest BCUT2D eigenvalue weighted by Crippen LogP contribution is -2.48. The summed E-state index contributed by atoms with van der Waals surface area (Å²) in [6.07, 6.45) is 6.76. The molecule has 0 bridgehead atoms. The summed E-state index contributed by atoms with van der Waals surface area (Å²) < 4.78 is 19.8. The molecule has 0 spiro atoms. The van der Waals surface area contributed by atoms with Crippen molar-refractivity contribution in [3.05, 3.63) is 110 Å². The lowest BCUT2D eigenvalue weighted by atomic mass is 10.1. The van der Waals surface area contributed by atoms with E-state index >= 15 is 0 Å². The highest BCUT2D eigenvalue weighted by atomic mass is 19.1. The van der Waals surface area contributed by atoms with Gasteiger partial charge in [0.05, 0.1) is 22.7 Å². The first-order chi connectivity index (χ1) is 19.4. The average molecular weight is 543 g/mol. The molecule has 0 fully saturated rings. The highest BCUT2D eigenvalue weighted by Gasteiger charge is 2.22. The summed E-state index contributed by atoms with van der Waals surface area (Å²) in [5, 5.41) is 10.7. The molecule has 0 radical (unpaired) electrons. The standard InChI is InChI=1S/C31H31FN4O4/c1-20-10-16-24(17-11-20)36-27(8-3-4-9-29(37)39-2)33-26-19-22(6-5-7-25(26)31(36)38)30-34-28(40-35-30)18-21-12-14-23(32)15-13-21/h5,7,10-17,19,29-30,35,37H,3-4,8-9,18H2,1-2H3. The molecule has 40 heavy (non-hydrogen) atoms. The number of methoxy groups -OCH3 is 1. The van der Waals surface area contributed by atoms with E-state index in [1.165, 1.54) is 19.2 Å². The first-order valence-electron chi connectivity index (χ1n) is 13.2. The van der Waals surface area contributed by atoms with Gasteiger partial charge >= 0.3 is 0 Å². The van der Waals surface area contributed by atoms with E-state index < -0.39 is 12.5 Å². The van der Waals surface area contributed by atoms with E-state index in [9.17, 15) is 14.3 Å². The molecule has 1 aliphatic carbocycles. The summed E-state index contributed by atoms with van der Waals surface area (Å²) in [6, 6.07) is 14.0. The van der Waals surface area contributed by atoms with Gasteiger partial charge in [-0.3, -0.25) is 9.36 Å². The minimum Gasteiger partial charge on any atom is -0.391 e. The first-order valence-corrected chi connectivity index (χ1v) is 13.2. The van der Waals surface area contributed by atoms with Gasteiger partial charge in [0.1, 0.15) is 11.6 Å². The van der Waals surface area contributed by atoms with Crippen LogP contribution in [0.25, 0.3) is 17.8 Å². The fraction of sp³-hybridized carbons (Fsp3) is 0.290. The van der Waals surface area contributed by atoms with Crippen molar-refractivity contribution in [3.63, 3.8) is 0 Å². The minimum absolute atomic E-state index is 0.174. The Balaban J connectivity index is 1.47. The van der Waals surface area contributed by atoms with Crippen LogP contribution in [0.2, 0.25) is 0 Å². The Hall–Kier alpha value is -4.14. The van der Waals surface area contributed by atoms with Gasteiger partial charge in [-0.15, -0.1) is 11.2 Å². The molecule has 206 valence electrons. The Kier molecular flexibility index (Phi) is 8.48. The summed E-state index contributed by atoms with van der Waals surface area (Å²) in [7, 11) is 1.47. The van der Waals surface area contributed by atoms with Crippen molar-refractivity contribution in [3.8, 4) is 5.69 Å². The molecule has 2 N–H and O–H groups in total. The van der Waals surface area contributed by atoms with Crippen molar-refractivity contribution < 1.29 is 19.1 Å². The van der Waals surface area contributed by atoms with Gasteiger partial charge < -0.3 is 14.7 Å². The van der Waals surface area contributed by atoms with Gasteiger partial charge in [0.15, 0.2) is 12.5 Å². The van der Waals surface area contributed by atoms with Crippen LogP contribution in [0.4, 0.5) is 4.39 Å². The Morgan fingerprint density at radius 3 is 2.70 bits per heavy atom. The van der Waals surface area contributed by atoms with Crippen LogP contribution in [0.5, 0.6) is 0 Å². The molecule has 0 saturated carbocycles. The molecule has 2 aliphatic rings. The molecule has 9 heteroatoms. The zero-order chi connectivity index (χ0) is 28.1. The van der Waals surface area contributed by atoms with Crippen molar-refractivity contribution in [1.82, 2.24) is 15.0 Å². The van der Waals surface area contributed by atoms with Gasteiger partial charge in [-0.1, -0.05) is 29.8 Å². The smallest absolute Gasteiger partial charge is 0.265 e. The quantitative estimate of drug-likeness (QED) is 0.232. The van der Waals surface area contributed by atoms with Gasteiger partial charge in [0.25, 0.3) is 5.56 Å². The normalized spacial score (nSPS) is 16.6. The second kappa shape index (κ2) is 12.4. The highest BCUT2D eigenvalue weighted by molar-refractivity contribution is 5.80. The van der Waals surface area contributed by atoms with Crippen LogP contribution in [0.15, 0.2) is 75.7 Å². The summed E-state index contributed by atoms with van der Waals surface area (Å²) in [6.45, 7) is 2.00. The number of aliphatic hydroxyl groups is 1. The van der Waals surface area contributed by atoms with Gasteiger partial charge in [0.2, 0.25) is 5.90 Å². The number of ether oxygens (including phenoxy) is 1. The number of nitrogens with one attached hydrogen (secondary N) is 1. The number of halogens is 1. The Morgan fingerprint density at radius 1 is 1.18 bits per heavy atom. The van der Waals surface area contributed by atoms with Gasteiger partial charge in [0, 0.05) is 19.1 Å². The number of hydrogen-bond donors (Lipinski definition) is 2. The van der Waals surface area contributed by atoms with Crippen molar-refractivity contribution in [2.45, 2.75) is 51.5 Å². The molecule has 3 aromatic rings. The van der Waals surface area contributed by atoms with Gasteiger partial charge in [-0.2, -0.15) is 0 Å². The molecular weight excluding hydrogens is 511 g/mol. The number of hydroxylamine groups is 1. The molecule has 8 nitrogen and oxygen atoms in total. The van der Waals surface area contributed by atoms with Crippen molar-refractivity contribution in [2.75, 3.05) is 7.11 Å². The van der Waals surface area contributed by atoms with Crippen LogP contribution >= 0.6 is 0 Å². The largest absolute Gasteiger partial charge is 0.391 e. The zero-order valence-corrected chi connectivity index (χ0v) is 22.4. The summed E-state index contributed by atoms with van der Waals surface area (Å²) in [5.41, 5.74) is 9.31. The van der Waals surface area contributed by atoms with Gasteiger partial charge in [-0.25, -0.2) is 14.4 Å². The van der Waals surface area contributed by atoms with Crippen LogP contribution in [-0.4, -0.2) is 40.1 Å². The molecule has 5 rings (SSSR count). The molecule has 1 aromatic heterocycles. The van der Waals surface area contributed by atoms with Crippen LogP contribution < -0.4 is 21.6 Å². The number of nitrogens with zero attached hydrogens (tertiary/aromatic N) is 3. The number of aliphatic imine (C=N–C) groups is 1. The third-order valence-corrected chi connectivity index (χ3v) is 6.80. The molecule has 2 atom stereocenters. The van der Waals surface area contributed by atoms with Crippen LogP contribution in [0.3, 0.4) is 0 Å². The highest BCUT2D eigenvalue weighted by Crippen LogP contribution is 2.15. The second-order valence-electron chi connectivity index (χ2n) is 9.77. The van der Waals surface area contributed by atoms with Crippen molar-refractivity contribution >= 4 is 18.0 Å². The number of aryl methyl sites for hydroxylation is 2. The van der Waals surface area contributed by atoms with Crippen LogP contribution in [-0.2, 0) is 22.4 Å². The van der Waals surface area contributed by atoms with E-state index in [-0.39, 0.29) is 11.4 Å². The third kappa shape index (κ3) is 6.35. The fourth-order valence-corrected chi connectivity index (χ4v) is 4.59. The fourth-order valence-electron chi connectivity index (χ4n) is 4.59. The number of aliphatic hydroxyl groups excluding tert-OH is 1. The summed E-state index contributed by atoms with van der Waals surface area (Å²) in [5.74, 6) is 0.796. The monoisotopic (exact) mass is 542 g/mol. The molecule has 1 aliphatic heterocycles. The Bertz CT molecular complexity index is 1650. The van der Waals surface area contributed by atoms with E-state index in [4.69, 9.17) is 14.6 Å². The second-order valence-corrected chi connectivity index (χ2v) is 9.77. The number of unbranched alkanes of at least 4 members (excludes halogenated alkanes) is 1. The number of fused-ring (bicyclic) bond motifs is 1. The molecule has 2 unspecified atom stereocenters. The lowest BCUT2D eigenvalue weighted by Gasteiger charge is -2.14. The number of aromatic nitrogens is 2. The molecular formula is C31H31FN4O4. The minimum atomic E-state index is -0.810. The van der Waals surface area contributed by atoms with Gasteiger partial charge in [-0.05, 0) is 74.2 Å². The Labute approximate surface area is 231 Å². The SMILES string of the molecule is COC(O)CCCCc1nc2c(c(=O)n1-c1ccc(C)cc1)=CC=C=C(C1N=C(Cc3ccc(F)cc3)ON1)C=2. The van der Waals surface area contributed by atoms with E-state index in [2.05, 4.69) is 16.2 Å². The van der Waals surface area contributed by atoms with Crippen molar-refractivity contribution in [1.29, 1.82) is 0 Å². The Morgan fingerprint density at radius 2 is 1.95 bits per heavy atom. The topological polar surface area (TPSA) is 98.0 Å². The summed E-state index contributed by atoms with van der Waals surface area (Å²) >= 11 is 0. The molecule has 0 saturated heterocycles. The van der Waals surface area contributed by atoms with E-state index in [1.807, 2.05) is 31.2 Å². The number of hydrogen-bond acceptors (Lipinski definition) is 7. The maximum atomic E-state index is 13.8. The number of benzene rings is 2. The van der Waals surface area contributed by atoms with E-state index in [0.717, 1.165) is 23.2 Å². The predicted octanol–water partition coefficient (Wildman–Crippen LogP) is 2.52. The molecule has 2 aromatic carbocycles. The zero-order valence-electron chi connectivity index (χ0n) is 22.4. The number of rotatable bonds is 10. The van der Waals surface area contributed by atoms with Crippen LogP contribution in [0.1, 0.15) is 36.2 Å². The third-order valence-electron chi connectivity index (χ3n) is 6.80. The molecule has 2 heterocycles. The van der Waals surface area contributed by atoms with Crippen LogP contribution in [0, 0.1) is 12.7 Å². The first kappa shape index (κ1) is 27.4. The predicted molar refractivity (Wildman–Crippen MR) is 150 cm³/mol. The maximum Gasteiger partial charge on any atom is 0.265 e. The average Bonchev–Trinajstić information content (AvgIpc) is 3.31. The van der Waals surface area contributed by atoms with Crippen molar-refractivity contribution in [2.24, 2.45) is 4.99 Å². The lowest BCUT2D eigenvalue weighted by molar-refractivity contribution is -0.0792. The van der Waals surface area contributed by atoms with E-state index in [0.29, 0.717) is 53.5 Å². The summed E-state index contributed by atoms with van der Waals surface area (Å²) in [4.78, 5) is 29.0. The molecule has 0 amide bonds. The van der Waals surface area contributed by atoms with E-state index in [1.54, 1.807) is 34.9 Å².